The molecule has 1 aliphatic rings. The number of ether oxygens (including phenoxy) is 4. The molecule has 9 heteroatoms. The molecule has 0 radical (unpaired) electrons. The van der Waals surface area contributed by atoms with Crippen LogP contribution in [0.2, 0.25) is 0 Å². The van der Waals surface area contributed by atoms with Gasteiger partial charge in [0.15, 0.2) is 12.4 Å². The van der Waals surface area contributed by atoms with Crippen LogP contribution in [0.25, 0.3) is 0 Å². The summed E-state index contributed by atoms with van der Waals surface area (Å²) in [6, 6.07) is 8.43. The predicted molar refractivity (Wildman–Crippen MR) is 91.8 cm³/mol. The first kappa shape index (κ1) is 20.6. The van der Waals surface area contributed by atoms with Gasteiger partial charge in [-0.2, -0.15) is 0 Å². The average Bonchev–Trinajstić information content (AvgIpc) is 2.95. The van der Waals surface area contributed by atoms with Gasteiger partial charge in [0, 0.05) is 20.0 Å². The van der Waals surface area contributed by atoms with Crippen LogP contribution in [0.1, 0.15) is 30.6 Å². The van der Waals surface area contributed by atoms with Gasteiger partial charge in [-0.25, -0.2) is 4.79 Å². The molecular weight excluding hydrogens is 363 g/mol. The van der Waals surface area contributed by atoms with E-state index < -0.39 is 38.0 Å². The van der Waals surface area contributed by atoms with E-state index in [9.17, 15) is 14.2 Å². The van der Waals surface area contributed by atoms with E-state index in [0.29, 0.717) is 12.2 Å². The summed E-state index contributed by atoms with van der Waals surface area (Å²) < 4.78 is 38.6. The fraction of sp³-hybridized carbons (Fsp3) is 0.529. The summed E-state index contributed by atoms with van der Waals surface area (Å²) in [5.74, 6) is -1.14. The summed E-state index contributed by atoms with van der Waals surface area (Å²) in [7, 11) is -2.91. The normalized spacial score (nSPS) is 24.7. The van der Waals surface area contributed by atoms with Crippen molar-refractivity contribution in [2.24, 2.45) is 0 Å². The lowest BCUT2D eigenvalue weighted by Gasteiger charge is -2.18. The van der Waals surface area contributed by atoms with Gasteiger partial charge in [-0.15, -0.1) is 0 Å². The van der Waals surface area contributed by atoms with Crippen molar-refractivity contribution >= 4 is 19.3 Å². The van der Waals surface area contributed by atoms with Crippen molar-refractivity contribution in [3.05, 3.63) is 35.9 Å². The Kier molecular flexibility index (Phi) is 7.34. The van der Waals surface area contributed by atoms with E-state index >= 15 is 0 Å². The molecule has 2 rings (SSSR count). The smallest absolute Gasteiger partial charge is 0.338 e. The second kappa shape index (κ2) is 9.28. The van der Waals surface area contributed by atoms with Gasteiger partial charge in [0.2, 0.25) is 13.7 Å². The van der Waals surface area contributed by atoms with Crippen LogP contribution in [-0.2, 0) is 32.8 Å². The van der Waals surface area contributed by atoms with E-state index in [0.717, 1.165) is 0 Å². The first-order valence-corrected chi connectivity index (χ1v) is 10.5. The Morgan fingerprint density at radius 3 is 2.54 bits per heavy atom. The molecule has 0 amide bonds. The molecule has 1 fully saturated rings. The van der Waals surface area contributed by atoms with E-state index in [4.69, 9.17) is 23.5 Å². The molecule has 0 spiro atoms. The van der Waals surface area contributed by atoms with Crippen molar-refractivity contribution < 1.29 is 37.6 Å². The zero-order valence-electron chi connectivity index (χ0n) is 15.0. The Labute approximate surface area is 152 Å². The van der Waals surface area contributed by atoms with Gasteiger partial charge in [0.05, 0.1) is 12.2 Å². The van der Waals surface area contributed by atoms with Crippen LogP contribution < -0.4 is 0 Å². The molecular formula is C17H23O8P. The van der Waals surface area contributed by atoms with Crippen molar-refractivity contribution in [1.29, 1.82) is 0 Å². The minimum atomic E-state index is -2.91. The van der Waals surface area contributed by atoms with E-state index in [1.54, 1.807) is 37.3 Å². The van der Waals surface area contributed by atoms with Gasteiger partial charge in [-0.1, -0.05) is 18.2 Å². The summed E-state index contributed by atoms with van der Waals surface area (Å²) in [4.78, 5) is 23.5. The summed E-state index contributed by atoms with van der Waals surface area (Å²) in [6.07, 6.45) is -2.77. The van der Waals surface area contributed by atoms with Gasteiger partial charge < -0.3 is 23.5 Å². The Hall–Kier alpha value is -1.73. The Bertz CT molecular complexity index is 662. The number of hydrogen-bond donors (Lipinski definition) is 0. The second-order valence-electron chi connectivity index (χ2n) is 5.82. The van der Waals surface area contributed by atoms with Gasteiger partial charge >= 0.3 is 11.9 Å². The third-order valence-electron chi connectivity index (χ3n) is 3.46. The average molecular weight is 386 g/mol. The van der Waals surface area contributed by atoms with Crippen LogP contribution in [0.5, 0.6) is 0 Å². The molecule has 0 saturated carbocycles. The lowest BCUT2D eigenvalue weighted by atomic mass is 10.2. The summed E-state index contributed by atoms with van der Waals surface area (Å²) in [6.45, 7) is 4.72. The van der Waals surface area contributed by atoms with Crippen LogP contribution in [0.15, 0.2) is 30.3 Å². The van der Waals surface area contributed by atoms with Gasteiger partial charge in [-0.3, -0.25) is 9.36 Å². The molecule has 1 aromatic rings. The molecule has 2 unspecified atom stereocenters. The standard InChI is InChI=1S/C17H23O8P/c1-4-22-26(3,20)11-21-15-10-14(17(25-15)23-12(2)18)24-16(19)13-8-6-5-7-9-13/h5-9,14-15,17H,4,10-11H2,1-3H3/t14-,15-,17?,26?/m0/s1. The third kappa shape index (κ3) is 6.21. The molecule has 0 aromatic heterocycles. The quantitative estimate of drug-likeness (QED) is 0.497. The first-order chi connectivity index (χ1) is 12.3. The monoisotopic (exact) mass is 386 g/mol. The molecule has 0 N–H and O–H groups in total. The summed E-state index contributed by atoms with van der Waals surface area (Å²) in [5.41, 5.74) is 0.368. The maximum atomic E-state index is 12.2. The number of rotatable bonds is 8. The van der Waals surface area contributed by atoms with Crippen LogP contribution in [0.3, 0.4) is 0 Å². The highest BCUT2D eigenvalue weighted by molar-refractivity contribution is 7.57. The van der Waals surface area contributed by atoms with E-state index in [1.165, 1.54) is 13.6 Å². The zero-order valence-corrected chi connectivity index (χ0v) is 15.8. The minimum absolute atomic E-state index is 0.142. The highest BCUT2D eigenvalue weighted by Gasteiger charge is 2.41. The SMILES string of the molecule is CCOP(C)(=O)CO[C@@H]1C[C@H](OC(=O)c2ccccc2)C(OC(C)=O)O1. The summed E-state index contributed by atoms with van der Waals surface area (Å²) in [5, 5.41) is 0. The molecule has 1 aliphatic heterocycles. The Morgan fingerprint density at radius 1 is 1.23 bits per heavy atom. The van der Waals surface area contributed by atoms with Crippen molar-refractivity contribution in [1.82, 2.24) is 0 Å². The zero-order chi connectivity index (χ0) is 19.2. The van der Waals surface area contributed by atoms with Gasteiger partial charge in [0.1, 0.15) is 6.35 Å². The van der Waals surface area contributed by atoms with E-state index in [-0.39, 0.29) is 12.8 Å². The fourth-order valence-corrected chi connectivity index (χ4v) is 3.44. The topological polar surface area (TPSA) is 97.4 Å². The Morgan fingerprint density at radius 2 is 1.92 bits per heavy atom. The molecule has 0 bridgehead atoms. The van der Waals surface area contributed by atoms with E-state index in [2.05, 4.69) is 0 Å². The molecule has 26 heavy (non-hydrogen) atoms. The van der Waals surface area contributed by atoms with Crippen molar-refractivity contribution in [3.8, 4) is 0 Å². The number of esters is 2. The third-order valence-corrected chi connectivity index (χ3v) is 4.88. The number of carbonyl (C=O) groups excluding carboxylic acids is 2. The Balaban J connectivity index is 1.98. The van der Waals surface area contributed by atoms with Crippen molar-refractivity contribution in [2.75, 3.05) is 19.6 Å². The highest BCUT2D eigenvalue weighted by Crippen LogP contribution is 2.43. The molecule has 1 heterocycles. The van der Waals surface area contributed by atoms with Crippen LogP contribution in [-0.4, -0.2) is 50.2 Å². The largest absolute Gasteiger partial charge is 0.452 e. The van der Waals surface area contributed by atoms with Gasteiger partial charge in [0.25, 0.3) is 0 Å². The lowest BCUT2D eigenvalue weighted by molar-refractivity contribution is -0.213. The van der Waals surface area contributed by atoms with E-state index in [1.807, 2.05) is 0 Å². The highest BCUT2D eigenvalue weighted by atomic mass is 31.2. The summed E-state index contributed by atoms with van der Waals surface area (Å²) >= 11 is 0. The number of carbonyl (C=O) groups is 2. The number of hydrogen-bond acceptors (Lipinski definition) is 8. The number of benzene rings is 1. The van der Waals surface area contributed by atoms with Crippen LogP contribution in [0.4, 0.5) is 0 Å². The predicted octanol–water partition coefficient (Wildman–Crippen LogP) is 2.77. The first-order valence-electron chi connectivity index (χ1n) is 8.22. The molecule has 4 atom stereocenters. The molecule has 1 aromatic carbocycles. The maximum absolute atomic E-state index is 12.2. The molecule has 1 saturated heterocycles. The molecule has 0 aliphatic carbocycles. The molecule has 8 nitrogen and oxygen atoms in total. The maximum Gasteiger partial charge on any atom is 0.338 e. The second-order valence-corrected chi connectivity index (χ2v) is 8.36. The fourth-order valence-electron chi connectivity index (χ4n) is 2.38. The minimum Gasteiger partial charge on any atom is -0.452 e. The van der Waals surface area contributed by atoms with Crippen molar-refractivity contribution in [3.63, 3.8) is 0 Å². The lowest BCUT2D eigenvalue weighted by Crippen LogP contribution is -2.31. The van der Waals surface area contributed by atoms with Gasteiger partial charge in [-0.05, 0) is 19.1 Å². The molecule has 144 valence electrons. The van der Waals surface area contributed by atoms with Crippen LogP contribution >= 0.6 is 7.37 Å². The van der Waals surface area contributed by atoms with Crippen molar-refractivity contribution in [2.45, 2.75) is 39.0 Å². The van der Waals surface area contributed by atoms with Crippen LogP contribution in [0, 0.1) is 0 Å².